The summed E-state index contributed by atoms with van der Waals surface area (Å²) in [7, 11) is 0. The van der Waals surface area contributed by atoms with Crippen molar-refractivity contribution in [3.05, 3.63) is 35.1 Å². The number of carbonyl (C=O) groups is 1. The monoisotopic (exact) mass is 276 g/mol. The lowest BCUT2D eigenvalue weighted by atomic mass is 9.91. The van der Waals surface area contributed by atoms with Crippen molar-refractivity contribution in [3.8, 4) is 6.07 Å². The molecule has 0 radical (unpaired) electrons. The van der Waals surface area contributed by atoms with E-state index in [0.29, 0.717) is 25.9 Å². The van der Waals surface area contributed by atoms with Crippen LogP contribution >= 0.6 is 0 Å². The Morgan fingerprint density at radius 3 is 2.95 bits per heavy atom. The van der Waals surface area contributed by atoms with E-state index in [1.165, 1.54) is 6.07 Å². The van der Waals surface area contributed by atoms with E-state index in [-0.39, 0.29) is 17.5 Å². The van der Waals surface area contributed by atoms with Crippen molar-refractivity contribution in [2.24, 2.45) is 5.92 Å². The molecule has 1 aromatic carbocycles. The van der Waals surface area contributed by atoms with Crippen LogP contribution in [0.15, 0.2) is 18.2 Å². The first-order chi connectivity index (χ1) is 9.51. The highest BCUT2D eigenvalue weighted by atomic mass is 19.1. The quantitative estimate of drug-likeness (QED) is 0.920. The second-order valence-electron chi connectivity index (χ2n) is 5.31. The van der Waals surface area contributed by atoms with Crippen LogP contribution in [0.1, 0.15) is 30.9 Å². The number of aliphatic carboxylic acids is 1. The summed E-state index contributed by atoms with van der Waals surface area (Å²) in [6.07, 6.45) is 1.26. The number of carboxylic acid groups (broad SMARTS) is 1. The highest BCUT2D eigenvalue weighted by Crippen LogP contribution is 2.25. The molecule has 0 spiro atoms. The van der Waals surface area contributed by atoms with E-state index in [0.717, 1.165) is 5.56 Å². The van der Waals surface area contributed by atoms with Crippen LogP contribution in [0.5, 0.6) is 0 Å². The number of hydrogen-bond donors (Lipinski definition) is 1. The van der Waals surface area contributed by atoms with Gasteiger partial charge in [-0.15, -0.1) is 0 Å². The third-order valence-electron chi connectivity index (χ3n) is 3.90. The molecule has 2 rings (SSSR count). The molecule has 4 nitrogen and oxygen atoms in total. The number of nitriles is 1. The van der Waals surface area contributed by atoms with E-state index < -0.39 is 11.8 Å². The van der Waals surface area contributed by atoms with Crippen LogP contribution < -0.4 is 0 Å². The van der Waals surface area contributed by atoms with Gasteiger partial charge in [0.15, 0.2) is 0 Å². The van der Waals surface area contributed by atoms with Crippen LogP contribution in [-0.2, 0) is 11.3 Å². The number of nitrogens with zero attached hydrogens (tertiary/aromatic N) is 2. The zero-order valence-electron chi connectivity index (χ0n) is 11.3. The Bertz CT molecular complexity index is 553. The molecule has 0 aliphatic carbocycles. The Balaban J connectivity index is 2.04. The van der Waals surface area contributed by atoms with Crippen LogP contribution in [0, 0.1) is 23.1 Å². The largest absolute Gasteiger partial charge is 0.481 e. The van der Waals surface area contributed by atoms with E-state index >= 15 is 0 Å². The third-order valence-corrected chi connectivity index (χ3v) is 3.90. The zero-order chi connectivity index (χ0) is 14.7. The second kappa shape index (κ2) is 6.02. The van der Waals surface area contributed by atoms with Crippen molar-refractivity contribution in [2.75, 3.05) is 6.54 Å². The fourth-order valence-electron chi connectivity index (χ4n) is 2.67. The smallest absolute Gasteiger partial charge is 0.306 e. The summed E-state index contributed by atoms with van der Waals surface area (Å²) in [5, 5.41) is 17.9. The number of rotatable bonds is 3. The SMILES string of the molecule is CC1CC(C(=O)O)CCN1Cc1ccc(F)c(C#N)c1. The Morgan fingerprint density at radius 1 is 1.60 bits per heavy atom. The molecule has 2 atom stereocenters. The van der Waals surface area contributed by atoms with E-state index in [1.807, 2.05) is 13.0 Å². The van der Waals surface area contributed by atoms with Gasteiger partial charge in [-0.2, -0.15) is 5.26 Å². The summed E-state index contributed by atoms with van der Waals surface area (Å²) in [4.78, 5) is 13.2. The highest BCUT2D eigenvalue weighted by Gasteiger charge is 2.29. The van der Waals surface area contributed by atoms with Gasteiger partial charge in [0.1, 0.15) is 11.9 Å². The minimum atomic E-state index is -0.731. The van der Waals surface area contributed by atoms with Crippen LogP contribution in [0.4, 0.5) is 4.39 Å². The molecule has 1 fully saturated rings. The van der Waals surface area contributed by atoms with Crippen molar-refractivity contribution >= 4 is 5.97 Å². The average molecular weight is 276 g/mol. The molecule has 1 saturated heterocycles. The molecule has 5 heteroatoms. The van der Waals surface area contributed by atoms with Crippen molar-refractivity contribution in [1.29, 1.82) is 5.26 Å². The van der Waals surface area contributed by atoms with Crippen molar-refractivity contribution < 1.29 is 14.3 Å². The first kappa shape index (κ1) is 14.5. The van der Waals surface area contributed by atoms with Gasteiger partial charge in [-0.3, -0.25) is 9.69 Å². The molecule has 1 heterocycles. The van der Waals surface area contributed by atoms with Gasteiger partial charge >= 0.3 is 5.97 Å². The molecule has 0 aromatic heterocycles. The maximum absolute atomic E-state index is 13.3. The zero-order valence-corrected chi connectivity index (χ0v) is 11.3. The molecule has 1 aliphatic heterocycles. The van der Waals surface area contributed by atoms with Gasteiger partial charge in [0, 0.05) is 12.6 Å². The standard InChI is InChI=1S/C15H17FN2O2/c1-10-6-12(15(19)20)4-5-18(10)9-11-2-3-14(16)13(7-11)8-17/h2-3,7,10,12H,4-6,9H2,1H3,(H,19,20). The highest BCUT2D eigenvalue weighted by molar-refractivity contribution is 5.70. The molecule has 106 valence electrons. The van der Waals surface area contributed by atoms with Crippen molar-refractivity contribution in [2.45, 2.75) is 32.4 Å². The lowest BCUT2D eigenvalue weighted by molar-refractivity contribution is -0.144. The molecule has 1 N–H and O–H groups in total. The molecule has 20 heavy (non-hydrogen) atoms. The maximum Gasteiger partial charge on any atom is 0.306 e. The normalized spacial score (nSPS) is 23.2. The Labute approximate surface area is 117 Å². The number of piperidine rings is 1. The maximum atomic E-state index is 13.3. The number of carboxylic acids is 1. The van der Waals surface area contributed by atoms with Gasteiger partial charge in [0.2, 0.25) is 0 Å². The fraction of sp³-hybridized carbons (Fsp3) is 0.467. The molecule has 0 amide bonds. The van der Waals surface area contributed by atoms with Crippen LogP contribution in [-0.4, -0.2) is 28.6 Å². The van der Waals surface area contributed by atoms with Crippen molar-refractivity contribution in [1.82, 2.24) is 4.90 Å². The molecular weight excluding hydrogens is 259 g/mol. The van der Waals surface area contributed by atoms with Gasteiger partial charge in [0.05, 0.1) is 11.5 Å². The molecule has 0 bridgehead atoms. The van der Waals surface area contributed by atoms with E-state index in [2.05, 4.69) is 4.90 Å². The summed E-state index contributed by atoms with van der Waals surface area (Å²) < 4.78 is 13.3. The number of hydrogen-bond acceptors (Lipinski definition) is 3. The Morgan fingerprint density at radius 2 is 2.35 bits per heavy atom. The number of halogens is 1. The average Bonchev–Trinajstić information content (AvgIpc) is 2.42. The predicted molar refractivity (Wildman–Crippen MR) is 71.3 cm³/mol. The van der Waals surface area contributed by atoms with Gasteiger partial charge < -0.3 is 5.11 Å². The fourth-order valence-corrected chi connectivity index (χ4v) is 2.67. The summed E-state index contributed by atoms with van der Waals surface area (Å²) in [6, 6.07) is 6.54. The van der Waals surface area contributed by atoms with Gasteiger partial charge in [0.25, 0.3) is 0 Å². The van der Waals surface area contributed by atoms with Crippen molar-refractivity contribution in [3.63, 3.8) is 0 Å². The van der Waals surface area contributed by atoms with Crippen LogP contribution in [0.2, 0.25) is 0 Å². The summed E-state index contributed by atoms with van der Waals surface area (Å²) in [6.45, 7) is 3.32. The second-order valence-corrected chi connectivity index (χ2v) is 5.31. The lowest BCUT2D eigenvalue weighted by Gasteiger charge is -2.36. The lowest BCUT2D eigenvalue weighted by Crippen LogP contribution is -2.42. The van der Waals surface area contributed by atoms with Gasteiger partial charge in [-0.25, -0.2) is 4.39 Å². The minimum absolute atomic E-state index is 0.0515. The molecule has 1 aliphatic rings. The first-order valence-corrected chi connectivity index (χ1v) is 6.66. The minimum Gasteiger partial charge on any atom is -0.481 e. The van der Waals surface area contributed by atoms with E-state index in [9.17, 15) is 9.18 Å². The summed E-state index contributed by atoms with van der Waals surface area (Å²) in [5.41, 5.74) is 0.930. The molecule has 1 aromatic rings. The predicted octanol–water partition coefficient (Wildman–Crippen LogP) is 2.38. The first-order valence-electron chi connectivity index (χ1n) is 6.66. The third kappa shape index (κ3) is 3.14. The van der Waals surface area contributed by atoms with E-state index in [4.69, 9.17) is 10.4 Å². The van der Waals surface area contributed by atoms with Gasteiger partial charge in [-0.1, -0.05) is 6.07 Å². The molecular formula is C15H17FN2O2. The molecule has 2 unspecified atom stereocenters. The number of likely N-dealkylation sites (tertiary alicyclic amines) is 1. The van der Waals surface area contributed by atoms with E-state index in [1.54, 1.807) is 12.1 Å². The Kier molecular flexibility index (Phi) is 4.35. The van der Waals surface area contributed by atoms with Crippen LogP contribution in [0.3, 0.4) is 0 Å². The Hall–Kier alpha value is -1.93. The molecule has 0 saturated carbocycles. The van der Waals surface area contributed by atoms with Crippen LogP contribution in [0.25, 0.3) is 0 Å². The number of benzene rings is 1. The topological polar surface area (TPSA) is 64.3 Å². The summed E-state index contributed by atoms with van der Waals surface area (Å²) >= 11 is 0. The van der Waals surface area contributed by atoms with Gasteiger partial charge in [-0.05, 0) is 44.0 Å². The summed E-state index contributed by atoms with van der Waals surface area (Å²) in [5.74, 6) is -1.51.